The van der Waals surface area contributed by atoms with Gasteiger partial charge in [0.15, 0.2) is 0 Å². The van der Waals surface area contributed by atoms with E-state index in [2.05, 4.69) is 0 Å². The molecule has 1 aliphatic carbocycles. The monoisotopic (exact) mass is 205 g/mol. The Balaban J connectivity index is 2.23. The van der Waals surface area contributed by atoms with E-state index >= 15 is 0 Å². The van der Waals surface area contributed by atoms with Crippen molar-refractivity contribution < 1.29 is 23.5 Å². The molecule has 3 atom stereocenters. The molecule has 0 radical (unpaired) electrons. The van der Waals surface area contributed by atoms with Crippen LogP contribution in [0.5, 0.6) is 0 Å². The summed E-state index contributed by atoms with van der Waals surface area (Å²) in [6.45, 7) is 1.12. The highest BCUT2D eigenvalue weighted by atomic mass is 19.3. The average molecular weight is 205 g/mol. The molecule has 0 aromatic rings. The number of likely N-dealkylation sites (tertiary alicyclic amines) is 1. The van der Waals surface area contributed by atoms with Gasteiger partial charge in [-0.25, -0.2) is 13.6 Å². The van der Waals surface area contributed by atoms with Gasteiger partial charge in [-0.05, 0) is 6.42 Å². The number of nitrogens with zero attached hydrogens (tertiary/aromatic N) is 1. The summed E-state index contributed by atoms with van der Waals surface area (Å²) in [6, 6.07) is -2.25. The lowest BCUT2D eigenvalue weighted by molar-refractivity contribution is -0.150. The van der Waals surface area contributed by atoms with Gasteiger partial charge in [-0.15, -0.1) is 0 Å². The summed E-state index contributed by atoms with van der Waals surface area (Å²) in [4.78, 5) is 22.5. The molecule has 2 fully saturated rings. The van der Waals surface area contributed by atoms with Crippen LogP contribution in [0.4, 0.5) is 8.78 Å². The molecule has 0 bridgehead atoms. The Kier molecular flexibility index (Phi) is 1.62. The first-order valence-corrected chi connectivity index (χ1v) is 4.27. The molecule has 1 saturated carbocycles. The predicted octanol–water partition coefficient (Wildman–Crippen LogP) is 0.325. The maximum Gasteiger partial charge on any atom is 0.326 e. The topological polar surface area (TPSA) is 57.6 Å². The van der Waals surface area contributed by atoms with Crippen molar-refractivity contribution in [1.29, 1.82) is 0 Å². The molecule has 4 nitrogen and oxygen atoms in total. The fourth-order valence-electron chi connectivity index (χ4n) is 2.22. The summed E-state index contributed by atoms with van der Waals surface area (Å²) >= 11 is 0. The minimum atomic E-state index is -2.88. The Morgan fingerprint density at radius 3 is 2.50 bits per heavy atom. The van der Waals surface area contributed by atoms with Gasteiger partial charge in [0.05, 0.1) is 5.92 Å². The van der Waals surface area contributed by atoms with Crippen molar-refractivity contribution in [3.63, 3.8) is 0 Å². The van der Waals surface area contributed by atoms with Crippen LogP contribution in [0.2, 0.25) is 0 Å². The summed E-state index contributed by atoms with van der Waals surface area (Å²) in [7, 11) is 0. The predicted molar refractivity (Wildman–Crippen MR) is 40.8 cm³/mol. The maximum absolute atomic E-state index is 12.9. The number of fused-ring (bicyclic) bond motifs is 1. The minimum absolute atomic E-state index is 0.132. The number of carbonyl (C=O) groups is 2. The van der Waals surface area contributed by atoms with Crippen LogP contribution < -0.4 is 0 Å². The van der Waals surface area contributed by atoms with E-state index in [1.165, 1.54) is 0 Å². The molecule has 0 unspecified atom stereocenters. The zero-order valence-electron chi connectivity index (χ0n) is 7.41. The number of carbonyl (C=O) groups excluding carboxylic acids is 1. The van der Waals surface area contributed by atoms with Gasteiger partial charge in [-0.2, -0.15) is 0 Å². The normalized spacial score (nSPS) is 37.9. The first-order valence-electron chi connectivity index (χ1n) is 4.27. The summed E-state index contributed by atoms with van der Waals surface area (Å²) < 4.78 is 25.8. The third-order valence-corrected chi connectivity index (χ3v) is 2.92. The van der Waals surface area contributed by atoms with Crippen molar-refractivity contribution >= 4 is 11.9 Å². The van der Waals surface area contributed by atoms with Crippen LogP contribution >= 0.6 is 0 Å². The van der Waals surface area contributed by atoms with Crippen molar-refractivity contribution in [2.75, 3.05) is 0 Å². The van der Waals surface area contributed by atoms with E-state index < -0.39 is 35.8 Å². The minimum Gasteiger partial charge on any atom is -0.480 e. The number of hydrogen-bond donors (Lipinski definition) is 1. The Bertz CT molecular complexity index is 318. The Hall–Kier alpha value is -1.20. The highest BCUT2D eigenvalue weighted by Gasteiger charge is 2.77. The number of rotatable bonds is 1. The van der Waals surface area contributed by atoms with E-state index in [-0.39, 0.29) is 6.42 Å². The lowest BCUT2D eigenvalue weighted by Crippen LogP contribution is -2.44. The quantitative estimate of drug-likeness (QED) is 0.670. The second kappa shape index (κ2) is 2.43. The molecule has 6 heteroatoms. The van der Waals surface area contributed by atoms with E-state index in [4.69, 9.17) is 5.11 Å². The molecular weight excluding hydrogens is 196 g/mol. The molecule has 1 N–H and O–H groups in total. The Morgan fingerprint density at radius 1 is 1.50 bits per heavy atom. The standard InChI is InChI=1S/C8H9F2NO3/c1-3(12)11-5(7(13)14)2-4-6(11)8(4,9)10/h4-6H,2H2,1H3,(H,13,14)/t4-,5-,6+/m0/s1. The second-order valence-corrected chi connectivity index (χ2v) is 3.74. The molecule has 0 aromatic carbocycles. The van der Waals surface area contributed by atoms with Crippen molar-refractivity contribution in [2.45, 2.75) is 31.4 Å². The number of carboxylic acids is 1. The van der Waals surface area contributed by atoms with Crippen LogP contribution in [0.25, 0.3) is 0 Å². The molecule has 0 aromatic heterocycles. The van der Waals surface area contributed by atoms with Crippen molar-refractivity contribution in [2.24, 2.45) is 5.92 Å². The van der Waals surface area contributed by atoms with Crippen LogP contribution in [0.3, 0.4) is 0 Å². The Labute approximate surface area is 78.5 Å². The van der Waals surface area contributed by atoms with Gasteiger partial charge >= 0.3 is 5.97 Å². The smallest absolute Gasteiger partial charge is 0.326 e. The lowest BCUT2D eigenvalue weighted by Gasteiger charge is -2.24. The summed E-state index contributed by atoms with van der Waals surface area (Å²) in [6.07, 6.45) is -0.132. The maximum atomic E-state index is 12.9. The molecule has 2 aliphatic rings. The average Bonchev–Trinajstić information content (AvgIpc) is 2.47. The van der Waals surface area contributed by atoms with Gasteiger partial charge in [-0.1, -0.05) is 0 Å². The van der Waals surface area contributed by atoms with Gasteiger partial charge in [0.2, 0.25) is 5.91 Å². The van der Waals surface area contributed by atoms with E-state index in [0.717, 1.165) is 11.8 Å². The first kappa shape index (κ1) is 9.36. The summed E-state index contributed by atoms with van der Waals surface area (Å²) in [5, 5.41) is 8.70. The number of alkyl halides is 2. The number of hydrogen-bond acceptors (Lipinski definition) is 2. The van der Waals surface area contributed by atoms with E-state index in [9.17, 15) is 18.4 Å². The molecule has 0 spiro atoms. The number of carboxylic acid groups (broad SMARTS) is 1. The van der Waals surface area contributed by atoms with Crippen LogP contribution in [0.15, 0.2) is 0 Å². The van der Waals surface area contributed by atoms with E-state index in [0.29, 0.717) is 0 Å². The van der Waals surface area contributed by atoms with E-state index in [1.807, 2.05) is 0 Å². The number of amides is 1. The fraction of sp³-hybridized carbons (Fsp3) is 0.750. The molecular formula is C8H9F2NO3. The third-order valence-electron chi connectivity index (χ3n) is 2.92. The molecule has 1 aliphatic heterocycles. The van der Waals surface area contributed by atoms with Crippen LogP contribution in [-0.4, -0.2) is 39.9 Å². The van der Waals surface area contributed by atoms with Gasteiger partial charge in [0.25, 0.3) is 5.92 Å². The number of halogens is 2. The third kappa shape index (κ3) is 0.964. The molecule has 14 heavy (non-hydrogen) atoms. The highest BCUT2D eigenvalue weighted by molar-refractivity contribution is 5.84. The second-order valence-electron chi connectivity index (χ2n) is 3.74. The first-order chi connectivity index (χ1) is 6.37. The zero-order valence-corrected chi connectivity index (χ0v) is 7.41. The van der Waals surface area contributed by atoms with Crippen LogP contribution in [0, 0.1) is 5.92 Å². The number of piperidine rings is 1. The number of aliphatic carboxylic acids is 1. The van der Waals surface area contributed by atoms with Crippen molar-refractivity contribution in [1.82, 2.24) is 4.90 Å². The lowest BCUT2D eigenvalue weighted by atomic mass is 10.1. The largest absolute Gasteiger partial charge is 0.480 e. The molecule has 78 valence electrons. The summed E-state index contributed by atoms with van der Waals surface area (Å²) in [5.41, 5.74) is 0. The van der Waals surface area contributed by atoms with Gasteiger partial charge in [-0.3, -0.25) is 4.79 Å². The summed E-state index contributed by atoms with van der Waals surface area (Å²) in [5.74, 6) is -5.63. The molecule has 2 rings (SSSR count). The van der Waals surface area contributed by atoms with Gasteiger partial charge in [0.1, 0.15) is 12.1 Å². The molecule has 1 amide bonds. The fourth-order valence-corrected chi connectivity index (χ4v) is 2.22. The van der Waals surface area contributed by atoms with E-state index in [1.54, 1.807) is 0 Å². The van der Waals surface area contributed by atoms with Gasteiger partial charge in [0, 0.05) is 6.92 Å². The van der Waals surface area contributed by atoms with Crippen LogP contribution in [0.1, 0.15) is 13.3 Å². The highest BCUT2D eigenvalue weighted by Crippen LogP contribution is 2.59. The zero-order chi connectivity index (χ0) is 10.7. The van der Waals surface area contributed by atoms with Crippen molar-refractivity contribution in [3.8, 4) is 0 Å². The molecule has 1 heterocycles. The molecule has 1 saturated heterocycles. The Morgan fingerprint density at radius 2 is 2.07 bits per heavy atom. The van der Waals surface area contributed by atoms with Crippen molar-refractivity contribution in [3.05, 3.63) is 0 Å². The van der Waals surface area contributed by atoms with Crippen LogP contribution in [-0.2, 0) is 9.59 Å². The van der Waals surface area contributed by atoms with Gasteiger partial charge < -0.3 is 10.0 Å². The SMILES string of the molecule is CC(=O)N1[C@H](C(=O)O)C[C@H]2[C@@H]1C2(F)F.